The molecule has 0 saturated carbocycles. The predicted molar refractivity (Wildman–Crippen MR) is 185 cm³/mol. The van der Waals surface area contributed by atoms with Gasteiger partial charge < -0.3 is 28.8 Å². The topological polar surface area (TPSA) is 152 Å². The zero-order valence-corrected chi connectivity index (χ0v) is 29.3. The second-order valence-electron chi connectivity index (χ2n) is 13.9. The maximum atomic E-state index is 13.6. The molecule has 51 heavy (non-hydrogen) atoms. The van der Waals surface area contributed by atoms with Crippen LogP contribution in [0, 0.1) is 0 Å². The third-order valence-corrected chi connectivity index (χ3v) is 9.06. The van der Waals surface area contributed by atoms with Gasteiger partial charge in [-0.25, -0.2) is 4.79 Å². The Morgan fingerprint density at radius 3 is 1.78 bits per heavy atom. The molecule has 2 aliphatic rings. The van der Waals surface area contributed by atoms with Crippen LogP contribution in [0.3, 0.4) is 0 Å². The molecule has 1 spiro atoms. The summed E-state index contributed by atoms with van der Waals surface area (Å²) in [5, 5.41) is 8.80. The quantitative estimate of drug-likeness (QED) is 0.0633. The summed E-state index contributed by atoms with van der Waals surface area (Å²) in [5.41, 5.74) is 1.57. The van der Waals surface area contributed by atoms with Crippen molar-refractivity contribution in [2.24, 2.45) is 0 Å². The standard InChI is InChI=1S/C40H44O11/c1-39(2,3)26-15-18-30-29(22-26)38(46)51-40(30)31-19-16-27(48-36(44)13-9-5-4-8-12-35(42)43)23-33(31)50-34-24-28(17-20-32(34)40)49-37(45)14-10-6-7-11-21-47-25-41/h15-20,22-25H,4-14,21H2,1-3H3,(H,42,43). The predicted octanol–water partition coefficient (Wildman–Crippen LogP) is 7.91. The van der Waals surface area contributed by atoms with Gasteiger partial charge in [0, 0.05) is 48.1 Å². The van der Waals surface area contributed by atoms with E-state index >= 15 is 0 Å². The lowest BCUT2D eigenvalue weighted by molar-refractivity contribution is -0.137. The van der Waals surface area contributed by atoms with E-state index in [1.807, 2.05) is 18.2 Å². The number of ether oxygens (including phenoxy) is 5. The highest BCUT2D eigenvalue weighted by molar-refractivity contribution is 5.97. The van der Waals surface area contributed by atoms with Gasteiger partial charge in [0.05, 0.1) is 12.2 Å². The van der Waals surface area contributed by atoms with Crippen LogP contribution in [-0.4, -0.2) is 42.1 Å². The molecular weight excluding hydrogens is 656 g/mol. The van der Waals surface area contributed by atoms with Gasteiger partial charge in [0.25, 0.3) is 6.47 Å². The highest BCUT2D eigenvalue weighted by Crippen LogP contribution is 2.57. The largest absolute Gasteiger partial charge is 0.481 e. The van der Waals surface area contributed by atoms with Crippen LogP contribution in [0.15, 0.2) is 54.6 Å². The fourth-order valence-corrected chi connectivity index (χ4v) is 6.40. The van der Waals surface area contributed by atoms with Gasteiger partial charge in [-0.15, -0.1) is 0 Å². The van der Waals surface area contributed by atoms with Gasteiger partial charge in [-0.05, 0) is 67.0 Å². The average Bonchev–Trinajstić information content (AvgIpc) is 3.36. The number of fused-ring (bicyclic) bond motifs is 6. The van der Waals surface area contributed by atoms with E-state index in [1.54, 1.807) is 36.4 Å². The molecule has 270 valence electrons. The first-order valence-corrected chi connectivity index (χ1v) is 17.5. The summed E-state index contributed by atoms with van der Waals surface area (Å²) in [5.74, 6) is -1.03. The lowest BCUT2D eigenvalue weighted by atomic mass is 9.76. The van der Waals surface area contributed by atoms with Crippen molar-refractivity contribution in [1.29, 1.82) is 0 Å². The minimum absolute atomic E-state index is 0.104. The minimum Gasteiger partial charge on any atom is -0.481 e. The third-order valence-electron chi connectivity index (χ3n) is 9.06. The molecule has 1 unspecified atom stereocenters. The lowest BCUT2D eigenvalue weighted by Crippen LogP contribution is -2.33. The Labute approximate surface area is 297 Å². The van der Waals surface area contributed by atoms with Crippen molar-refractivity contribution < 1.29 is 52.8 Å². The number of carbonyl (C=O) groups excluding carboxylic acids is 4. The molecule has 3 aromatic carbocycles. The van der Waals surface area contributed by atoms with Crippen molar-refractivity contribution in [3.05, 3.63) is 82.4 Å². The zero-order valence-electron chi connectivity index (χ0n) is 29.3. The average molecular weight is 701 g/mol. The first-order chi connectivity index (χ1) is 24.4. The van der Waals surface area contributed by atoms with Crippen molar-refractivity contribution in [2.45, 2.75) is 102 Å². The highest BCUT2D eigenvalue weighted by Gasteiger charge is 2.54. The summed E-state index contributed by atoms with van der Waals surface area (Å²) in [6, 6.07) is 15.7. The molecule has 0 bridgehead atoms. The second-order valence-corrected chi connectivity index (χ2v) is 13.9. The van der Waals surface area contributed by atoms with Gasteiger partial charge >= 0.3 is 23.9 Å². The number of rotatable bonds is 17. The summed E-state index contributed by atoms with van der Waals surface area (Å²) in [4.78, 5) is 60.0. The van der Waals surface area contributed by atoms with Crippen molar-refractivity contribution in [3.8, 4) is 23.0 Å². The van der Waals surface area contributed by atoms with Crippen LogP contribution in [0.2, 0.25) is 0 Å². The Bertz CT molecular complexity index is 1790. The summed E-state index contributed by atoms with van der Waals surface area (Å²) >= 11 is 0. The molecule has 1 atom stereocenters. The molecule has 0 fully saturated rings. The Morgan fingerprint density at radius 1 is 0.725 bits per heavy atom. The SMILES string of the molecule is CC(C)(C)c1ccc2c(c1)C(=O)OC21c2ccc(OC(=O)CCCCCCOC=O)cc2Oc2cc(OC(=O)CCCCCCC(=O)O)ccc21. The third kappa shape index (κ3) is 8.76. The molecule has 2 heterocycles. The molecule has 11 nitrogen and oxygen atoms in total. The molecule has 0 radical (unpaired) electrons. The van der Waals surface area contributed by atoms with E-state index in [0.29, 0.717) is 78.9 Å². The highest BCUT2D eigenvalue weighted by atomic mass is 16.6. The minimum atomic E-state index is -1.37. The van der Waals surface area contributed by atoms with Crippen molar-refractivity contribution in [2.75, 3.05) is 6.61 Å². The summed E-state index contributed by atoms with van der Waals surface area (Å²) in [6.45, 7) is 6.98. The smallest absolute Gasteiger partial charge is 0.340 e. The Hall–Kier alpha value is -5.19. The number of benzene rings is 3. The zero-order chi connectivity index (χ0) is 36.6. The number of unbranched alkanes of at least 4 members (excludes halogenated alkanes) is 6. The second kappa shape index (κ2) is 16.2. The van der Waals surface area contributed by atoms with Crippen LogP contribution in [0.25, 0.3) is 0 Å². The van der Waals surface area contributed by atoms with E-state index in [1.165, 1.54) is 0 Å². The fraction of sp³-hybridized carbons (Fsp3) is 0.425. The first-order valence-electron chi connectivity index (χ1n) is 17.5. The van der Waals surface area contributed by atoms with Crippen LogP contribution in [0.1, 0.15) is 124 Å². The normalized spacial score (nSPS) is 15.5. The van der Waals surface area contributed by atoms with E-state index < -0.39 is 29.5 Å². The molecule has 1 N–H and O–H groups in total. The molecular formula is C40H44O11. The van der Waals surface area contributed by atoms with Gasteiger partial charge in [-0.2, -0.15) is 0 Å². The summed E-state index contributed by atoms with van der Waals surface area (Å²) < 4.78 is 28.7. The van der Waals surface area contributed by atoms with Crippen LogP contribution < -0.4 is 14.2 Å². The fourth-order valence-electron chi connectivity index (χ4n) is 6.40. The molecule has 3 aromatic rings. The first kappa shape index (κ1) is 37.1. The number of esters is 3. The van der Waals surface area contributed by atoms with E-state index in [9.17, 15) is 24.0 Å². The van der Waals surface area contributed by atoms with E-state index in [2.05, 4.69) is 20.8 Å². The Kier molecular flexibility index (Phi) is 11.8. The number of carboxylic acids is 1. The number of carboxylic acid groups (broad SMARTS) is 1. The van der Waals surface area contributed by atoms with E-state index in [4.69, 9.17) is 28.8 Å². The Morgan fingerprint density at radius 2 is 1.25 bits per heavy atom. The van der Waals surface area contributed by atoms with Crippen molar-refractivity contribution in [3.63, 3.8) is 0 Å². The van der Waals surface area contributed by atoms with Gasteiger partial charge in [0.2, 0.25) is 0 Å². The van der Waals surface area contributed by atoms with E-state index in [-0.39, 0.29) is 36.2 Å². The summed E-state index contributed by atoms with van der Waals surface area (Å²) in [7, 11) is 0. The monoisotopic (exact) mass is 700 g/mol. The molecule has 0 saturated heterocycles. The molecule has 0 amide bonds. The van der Waals surface area contributed by atoms with Crippen molar-refractivity contribution >= 4 is 30.3 Å². The number of aliphatic carboxylic acids is 1. The molecule has 0 aliphatic carbocycles. The maximum Gasteiger partial charge on any atom is 0.340 e. The molecule has 2 aliphatic heterocycles. The van der Waals surface area contributed by atoms with Crippen molar-refractivity contribution in [1.82, 2.24) is 0 Å². The lowest BCUT2D eigenvalue weighted by Gasteiger charge is -2.36. The van der Waals surface area contributed by atoms with Gasteiger partial charge in [-0.3, -0.25) is 19.2 Å². The Balaban J connectivity index is 1.39. The molecule has 11 heteroatoms. The van der Waals surface area contributed by atoms with Gasteiger partial charge in [0.1, 0.15) is 23.0 Å². The van der Waals surface area contributed by atoms with Crippen LogP contribution >= 0.6 is 0 Å². The summed E-state index contributed by atoms with van der Waals surface area (Å²) in [6.07, 6.45) is 5.97. The van der Waals surface area contributed by atoms with Crippen LogP contribution in [0.5, 0.6) is 23.0 Å². The molecule has 5 rings (SSSR count). The van der Waals surface area contributed by atoms with E-state index in [0.717, 1.165) is 24.8 Å². The maximum absolute atomic E-state index is 13.6. The van der Waals surface area contributed by atoms with Gasteiger partial charge in [-0.1, -0.05) is 58.6 Å². The number of hydrogen-bond donors (Lipinski definition) is 1. The van der Waals surface area contributed by atoms with Crippen LogP contribution in [0.4, 0.5) is 0 Å². The number of carbonyl (C=O) groups is 5. The van der Waals surface area contributed by atoms with Crippen LogP contribution in [-0.2, 0) is 39.7 Å². The van der Waals surface area contributed by atoms with Gasteiger partial charge in [0.15, 0.2) is 5.60 Å². The molecule has 0 aromatic heterocycles. The number of hydrogen-bond acceptors (Lipinski definition) is 10.